The van der Waals surface area contributed by atoms with Gasteiger partial charge >= 0.3 is 5.97 Å². The van der Waals surface area contributed by atoms with Crippen molar-refractivity contribution in [1.29, 1.82) is 0 Å². The molecule has 0 amide bonds. The first-order chi connectivity index (χ1) is 12.2. The number of carbonyl (C=O) groups is 1. The van der Waals surface area contributed by atoms with Crippen LogP contribution in [0.25, 0.3) is 0 Å². The van der Waals surface area contributed by atoms with Crippen molar-refractivity contribution in [3.63, 3.8) is 0 Å². The van der Waals surface area contributed by atoms with Gasteiger partial charge in [-0.25, -0.2) is 4.79 Å². The summed E-state index contributed by atoms with van der Waals surface area (Å²) in [5.74, 6) is -0.968. The van der Waals surface area contributed by atoms with E-state index in [0.29, 0.717) is 18.4 Å². The second kappa shape index (κ2) is 10.6. The van der Waals surface area contributed by atoms with Crippen LogP contribution in [0.3, 0.4) is 0 Å². The Labute approximate surface area is 156 Å². The van der Waals surface area contributed by atoms with Crippen molar-refractivity contribution in [1.82, 2.24) is 0 Å². The molecule has 142 valence electrons. The predicted octanol–water partition coefficient (Wildman–Crippen LogP) is 5.02. The number of hydrogen-bond donors (Lipinski definition) is 3. The van der Waals surface area contributed by atoms with Gasteiger partial charge in [0.25, 0.3) is 0 Å². The third-order valence-electron chi connectivity index (χ3n) is 4.28. The van der Waals surface area contributed by atoms with Gasteiger partial charge in [0.2, 0.25) is 0 Å². The van der Waals surface area contributed by atoms with Crippen LogP contribution in [-0.2, 0) is 6.42 Å². The first kappa shape index (κ1) is 21.7. The van der Waals surface area contributed by atoms with Crippen LogP contribution in [0.1, 0.15) is 62.9 Å². The summed E-state index contributed by atoms with van der Waals surface area (Å²) in [6.07, 6.45) is 8.42. The van der Waals surface area contributed by atoms with Gasteiger partial charge in [-0.1, -0.05) is 29.4 Å². The molecule has 0 aliphatic rings. The lowest BCUT2D eigenvalue weighted by atomic mass is 10.0. The number of phenols is 1. The fourth-order valence-electron chi connectivity index (χ4n) is 2.48. The van der Waals surface area contributed by atoms with E-state index in [0.717, 1.165) is 18.4 Å². The van der Waals surface area contributed by atoms with Crippen LogP contribution < -0.4 is 0 Å². The number of aliphatic hydroxyl groups excluding tert-OH is 1. The minimum Gasteiger partial charge on any atom is -0.508 e. The molecule has 0 saturated heterocycles. The molecule has 0 spiro atoms. The van der Waals surface area contributed by atoms with Gasteiger partial charge in [-0.15, -0.1) is 0 Å². The molecule has 0 fully saturated rings. The van der Waals surface area contributed by atoms with Crippen LogP contribution in [0.2, 0.25) is 0 Å². The number of phenolic OH excluding ortho intramolecular Hbond substituents is 1. The van der Waals surface area contributed by atoms with E-state index in [-0.39, 0.29) is 11.3 Å². The number of rotatable bonds is 9. The number of carboxylic acid groups (broad SMARTS) is 1. The second-order valence-corrected chi connectivity index (χ2v) is 6.92. The molecular weight excluding hydrogens is 328 g/mol. The Kier molecular flexibility index (Phi) is 8.86. The lowest BCUT2D eigenvalue weighted by Crippen LogP contribution is -2.07. The molecule has 0 aliphatic carbocycles. The smallest absolute Gasteiger partial charge is 0.335 e. The SMILES string of the molecule is CC(C)=CCCC(C)=CCC(O)C(C)=CCc1cc(C(=O)O)ccc1O. The third kappa shape index (κ3) is 7.70. The number of benzene rings is 1. The Morgan fingerprint density at radius 2 is 1.81 bits per heavy atom. The molecule has 0 bridgehead atoms. The maximum atomic E-state index is 11.0. The van der Waals surface area contributed by atoms with Crippen molar-refractivity contribution < 1.29 is 20.1 Å². The molecule has 4 heteroatoms. The fraction of sp³-hybridized carbons (Fsp3) is 0.409. The van der Waals surface area contributed by atoms with E-state index in [9.17, 15) is 15.0 Å². The van der Waals surface area contributed by atoms with E-state index in [1.165, 1.54) is 29.3 Å². The number of aromatic carboxylic acids is 1. The Morgan fingerprint density at radius 3 is 2.42 bits per heavy atom. The van der Waals surface area contributed by atoms with Gasteiger partial charge in [0, 0.05) is 0 Å². The highest BCUT2D eigenvalue weighted by Crippen LogP contribution is 2.21. The molecular formula is C22H30O4. The summed E-state index contributed by atoms with van der Waals surface area (Å²) in [5.41, 5.74) is 4.04. The summed E-state index contributed by atoms with van der Waals surface area (Å²) in [4.78, 5) is 11.0. The zero-order chi connectivity index (χ0) is 19.7. The van der Waals surface area contributed by atoms with Crippen molar-refractivity contribution >= 4 is 5.97 Å². The minimum atomic E-state index is -1.03. The van der Waals surface area contributed by atoms with Gasteiger partial charge in [0.1, 0.15) is 5.75 Å². The van der Waals surface area contributed by atoms with Crippen LogP contribution >= 0.6 is 0 Å². The molecule has 3 N–H and O–H groups in total. The summed E-state index contributed by atoms with van der Waals surface area (Å²) in [5, 5.41) is 29.2. The standard InChI is InChI=1S/C22H30O4/c1-15(2)6-5-7-16(3)8-12-20(23)17(4)9-10-18-14-19(22(25)26)11-13-21(18)24/h6,8-9,11,13-14,20,23-24H,5,7,10,12H2,1-4H3,(H,25,26). The maximum Gasteiger partial charge on any atom is 0.335 e. The number of aromatic hydroxyl groups is 1. The number of hydrogen-bond acceptors (Lipinski definition) is 3. The average Bonchev–Trinajstić information content (AvgIpc) is 2.58. The molecule has 1 rings (SSSR count). The summed E-state index contributed by atoms with van der Waals surface area (Å²) in [6, 6.07) is 4.22. The topological polar surface area (TPSA) is 77.8 Å². The highest BCUT2D eigenvalue weighted by atomic mass is 16.4. The van der Waals surface area contributed by atoms with E-state index in [4.69, 9.17) is 5.11 Å². The maximum absolute atomic E-state index is 11.0. The fourth-order valence-corrected chi connectivity index (χ4v) is 2.48. The van der Waals surface area contributed by atoms with Crippen molar-refractivity contribution in [3.8, 4) is 5.75 Å². The van der Waals surface area contributed by atoms with E-state index < -0.39 is 12.1 Å². The van der Waals surface area contributed by atoms with Crippen LogP contribution in [0.5, 0.6) is 5.75 Å². The molecule has 1 atom stereocenters. The first-order valence-corrected chi connectivity index (χ1v) is 8.89. The van der Waals surface area contributed by atoms with Crippen LogP contribution in [-0.4, -0.2) is 27.4 Å². The zero-order valence-corrected chi connectivity index (χ0v) is 16.1. The molecule has 0 aromatic heterocycles. The highest BCUT2D eigenvalue weighted by molar-refractivity contribution is 5.88. The highest BCUT2D eigenvalue weighted by Gasteiger charge is 2.09. The van der Waals surface area contributed by atoms with Gasteiger partial charge in [-0.3, -0.25) is 0 Å². The largest absolute Gasteiger partial charge is 0.508 e. The van der Waals surface area contributed by atoms with Gasteiger partial charge in [-0.05, 0) is 82.7 Å². The Balaban J connectivity index is 2.65. The quantitative estimate of drug-likeness (QED) is 0.541. The third-order valence-corrected chi connectivity index (χ3v) is 4.28. The molecule has 4 nitrogen and oxygen atoms in total. The Morgan fingerprint density at radius 1 is 1.12 bits per heavy atom. The lowest BCUT2D eigenvalue weighted by molar-refractivity contribution is 0.0696. The van der Waals surface area contributed by atoms with E-state index >= 15 is 0 Å². The lowest BCUT2D eigenvalue weighted by Gasteiger charge is -2.10. The normalized spacial score (nSPS) is 13.4. The molecule has 26 heavy (non-hydrogen) atoms. The monoisotopic (exact) mass is 358 g/mol. The summed E-state index contributed by atoms with van der Waals surface area (Å²) in [6.45, 7) is 8.08. The summed E-state index contributed by atoms with van der Waals surface area (Å²) in [7, 11) is 0. The molecule has 0 saturated carbocycles. The average molecular weight is 358 g/mol. The summed E-state index contributed by atoms with van der Waals surface area (Å²) < 4.78 is 0. The zero-order valence-electron chi connectivity index (χ0n) is 16.1. The molecule has 0 radical (unpaired) electrons. The van der Waals surface area contributed by atoms with E-state index in [1.807, 2.05) is 13.0 Å². The van der Waals surface area contributed by atoms with Gasteiger partial charge in [-0.2, -0.15) is 0 Å². The summed E-state index contributed by atoms with van der Waals surface area (Å²) >= 11 is 0. The number of carboxylic acids is 1. The predicted molar refractivity (Wildman–Crippen MR) is 106 cm³/mol. The van der Waals surface area contributed by atoms with Crippen molar-refractivity contribution in [2.24, 2.45) is 0 Å². The van der Waals surface area contributed by atoms with Crippen LogP contribution in [0.15, 0.2) is 53.1 Å². The van der Waals surface area contributed by atoms with E-state index in [1.54, 1.807) is 0 Å². The van der Waals surface area contributed by atoms with Gasteiger partial charge in [0.15, 0.2) is 0 Å². The van der Waals surface area contributed by atoms with Crippen molar-refractivity contribution in [2.45, 2.75) is 59.5 Å². The molecule has 1 aromatic rings. The molecule has 1 unspecified atom stereocenters. The molecule has 1 aromatic carbocycles. The van der Waals surface area contributed by atoms with Crippen molar-refractivity contribution in [2.75, 3.05) is 0 Å². The van der Waals surface area contributed by atoms with E-state index in [2.05, 4.69) is 32.9 Å². The van der Waals surface area contributed by atoms with Crippen molar-refractivity contribution in [3.05, 3.63) is 64.3 Å². The van der Waals surface area contributed by atoms with Gasteiger partial charge < -0.3 is 15.3 Å². The Hall–Kier alpha value is -2.33. The van der Waals surface area contributed by atoms with Crippen LogP contribution in [0, 0.1) is 0 Å². The van der Waals surface area contributed by atoms with Crippen LogP contribution in [0.4, 0.5) is 0 Å². The van der Waals surface area contributed by atoms with Gasteiger partial charge in [0.05, 0.1) is 11.7 Å². The number of aliphatic hydroxyl groups is 1. The molecule has 0 aliphatic heterocycles. The number of allylic oxidation sites excluding steroid dienone is 4. The second-order valence-electron chi connectivity index (χ2n) is 6.92. The molecule has 0 heterocycles. The minimum absolute atomic E-state index is 0.0588. The Bertz CT molecular complexity index is 707. The first-order valence-electron chi connectivity index (χ1n) is 8.89.